The van der Waals surface area contributed by atoms with Crippen molar-refractivity contribution in [2.45, 2.75) is 13.5 Å². The molecule has 0 fully saturated rings. The molecule has 1 aromatic heterocycles. The van der Waals surface area contributed by atoms with Crippen LogP contribution in [0.5, 0.6) is 5.75 Å². The monoisotopic (exact) mass is 274 g/mol. The van der Waals surface area contributed by atoms with Gasteiger partial charge >= 0.3 is 5.69 Å². The molecule has 0 amide bonds. The highest BCUT2D eigenvalue weighted by molar-refractivity contribution is 5.57. The van der Waals surface area contributed by atoms with Gasteiger partial charge in [0.25, 0.3) is 0 Å². The van der Waals surface area contributed by atoms with Crippen molar-refractivity contribution in [1.29, 1.82) is 0 Å². The normalized spacial score (nSPS) is 10.1. The second-order valence-corrected chi connectivity index (χ2v) is 4.15. The van der Waals surface area contributed by atoms with Crippen molar-refractivity contribution in [2.24, 2.45) is 0 Å². The maximum atomic E-state index is 10.8. The van der Waals surface area contributed by atoms with Crippen LogP contribution in [-0.4, -0.2) is 22.0 Å². The highest BCUT2D eigenvalue weighted by Crippen LogP contribution is 2.29. The van der Waals surface area contributed by atoms with E-state index in [9.17, 15) is 10.1 Å². The Kier molecular flexibility index (Phi) is 4.09. The molecule has 0 radical (unpaired) electrons. The summed E-state index contributed by atoms with van der Waals surface area (Å²) in [7, 11) is 1.40. The van der Waals surface area contributed by atoms with E-state index in [2.05, 4.69) is 15.3 Å². The molecule has 0 aliphatic rings. The van der Waals surface area contributed by atoms with E-state index < -0.39 is 4.92 Å². The summed E-state index contributed by atoms with van der Waals surface area (Å²) in [6.45, 7) is 2.35. The Labute approximate surface area is 115 Å². The van der Waals surface area contributed by atoms with Crippen LogP contribution in [0.2, 0.25) is 0 Å². The number of nitro benzene ring substituents is 1. The maximum absolute atomic E-state index is 10.8. The molecule has 2 aromatic rings. The lowest BCUT2D eigenvalue weighted by Gasteiger charge is -2.08. The Balaban J connectivity index is 2.10. The molecular formula is C13H14N4O3. The van der Waals surface area contributed by atoms with E-state index in [0.717, 1.165) is 17.1 Å². The number of methoxy groups -OCH3 is 1. The fourth-order valence-electron chi connectivity index (χ4n) is 1.64. The molecule has 0 saturated carbocycles. The number of hydrogen-bond acceptors (Lipinski definition) is 6. The number of nitrogens with one attached hydrogen (secondary N) is 1. The molecule has 104 valence electrons. The average molecular weight is 274 g/mol. The van der Waals surface area contributed by atoms with Gasteiger partial charge in [-0.15, -0.1) is 0 Å². The lowest BCUT2D eigenvalue weighted by molar-refractivity contribution is -0.385. The van der Waals surface area contributed by atoms with Crippen molar-refractivity contribution >= 4 is 11.4 Å². The van der Waals surface area contributed by atoms with Crippen LogP contribution in [0.25, 0.3) is 0 Å². The Hall–Kier alpha value is -2.70. The van der Waals surface area contributed by atoms with Crippen molar-refractivity contribution in [3.8, 4) is 5.75 Å². The molecule has 0 unspecified atom stereocenters. The van der Waals surface area contributed by atoms with Crippen LogP contribution >= 0.6 is 0 Å². The quantitative estimate of drug-likeness (QED) is 0.664. The molecule has 0 atom stereocenters. The number of rotatable bonds is 5. The van der Waals surface area contributed by atoms with Crippen molar-refractivity contribution in [1.82, 2.24) is 9.97 Å². The van der Waals surface area contributed by atoms with E-state index in [1.54, 1.807) is 24.5 Å². The number of nitrogens with zero attached hydrogens (tertiary/aromatic N) is 3. The van der Waals surface area contributed by atoms with Gasteiger partial charge in [-0.05, 0) is 13.0 Å². The second kappa shape index (κ2) is 5.96. The first kappa shape index (κ1) is 13.7. The molecule has 20 heavy (non-hydrogen) atoms. The first-order valence-corrected chi connectivity index (χ1v) is 5.94. The average Bonchev–Trinajstić information content (AvgIpc) is 2.46. The van der Waals surface area contributed by atoms with Crippen molar-refractivity contribution < 1.29 is 9.66 Å². The molecule has 0 aliphatic carbocycles. The van der Waals surface area contributed by atoms with Gasteiger partial charge in [0.15, 0.2) is 5.75 Å². The summed E-state index contributed by atoms with van der Waals surface area (Å²) in [4.78, 5) is 18.7. The summed E-state index contributed by atoms with van der Waals surface area (Å²) in [6, 6.07) is 4.62. The van der Waals surface area contributed by atoms with Gasteiger partial charge in [0.1, 0.15) is 0 Å². The molecule has 1 heterocycles. The van der Waals surface area contributed by atoms with E-state index in [0.29, 0.717) is 6.54 Å². The summed E-state index contributed by atoms with van der Waals surface area (Å²) in [5.74, 6) is 0.218. The Morgan fingerprint density at radius 2 is 2.15 bits per heavy atom. The number of aromatic nitrogens is 2. The van der Waals surface area contributed by atoms with Crippen LogP contribution in [0.4, 0.5) is 11.4 Å². The largest absolute Gasteiger partial charge is 0.490 e. The Bertz CT molecular complexity index is 614. The number of hydrogen-bond donors (Lipinski definition) is 1. The van der Waals surface area contributed by atoms with E-state index >= 15 is 0 Å². The van der Waals surface area contributed by atoms with Gasteiger partial charge in [0.2, 0.25) is 0 Å². The van der Waals surface area contributed by atoms with Crippen molar-refractivity contribution in [2.75, 3.05) is 12.4 Å². The van der Waals surface area contributed by atoms with E-state index in [-0.39, 0.29) is 11.4 Å². The van der Waals surface area contributed by atoms with Crippen molar-refractivity contribution in [3.63, 3.8) is 0 Å². The molecule has 7 nitrogen and oxygen atoms in total. The summed E-state index contributed by atoms with van der Waals surface area (Å²) in [5.41, 5.74) is 2.29. The first-order valence-electron chi connectivity index (χ1n) is 5.94. The predicted molar refractivity (Wildman–Crippen MR) is 73.7 cm³/mol. The molecule has 0 spiro atoms. The van der Waals surface area contributed by atoms with Crippen LogP contribution in [0.3, 0.4) is 0 Å². The van der Waals surface area contributed by atoms with E-state index in [4.69, 9.17) is 4.74 Å². The SMILES string of the molecule is COc1cc(NCc2cnc(C)cn2)ccc1[N+](=O)[O-]. The van der Waals surface area contributed by atoms with Gasteiger partial charge in [-0.1, -0.05) is 0 Å². The van der Waals surface area contributed by atoms with Crippen molar-refractivity contribution in [3.05, 3.63) is 52.1 Å². The number of benzene rings is 1. The molecule has 2 rings (SSSR count). The van der Waals surface area contributed by atoms with Gasteiger partial charge in [0.05, 0.1) is 36.2 Å². The third kappa shape index (κ3) is 3.19. The van der Waals surface area contributed by atoms with Crippen LogP contribution in [0.15, 0.2) is 30.6 Å². The van der Waals surface area contributed by atoms with Gasteiger partial charge in [-0.25, -0.2) is 0 Å². The smallest absolute Gasteiger partial charge is 0.311 e. The molecule has 0 bridgehead atoms. The lowest BCUT2D eigenvalue weighted by Crippen LogP contribution is -2.03. The lowest BCUT2D eigenvalue weighted by atomic mass is 10.2. The fraction of sp³-hybridized carbons (Fsp3) is 0.231. The third-order valence-electron chi connectivity index (χ3n) is 2.68. The van der Waals surface area contributed by atoms with Crippen LogP contribution in [-0.2, 0) is 6.54 Å². The summed E-state index contributed by atoms with van der Waals surface area (Å²) in [6.07, 6.45) is 3.37. The van der Waals surface area contributed by atoms with Gasteiger partial charge in [-0.2, -0.15) is 0 Å². The van der Waals surface area contributed by atoms with Crippen LogP contribution < -0.4 is 10.1 Å². The number of aryl methyl sites for hydroxylation is 1. The number of nitro groups is 1. The topological polar surface area (TPSA) is 90.2 Å². The van der Waals surface area contributed by atoms with Gasteiger partial charge in [0, 0.05) is 24.0 Å². The number of anilines is 1. The fourth-order valence-corrected chi connectivity index (χ4v) is 1.64. The minimum absolute atomic E-state index is 0.0619. The first-order chi connectivity index (χ1) is 9.60. The summed E-state index contributed by atoms with van der Waals surface area (Å²) < 4.78 is 5.01. The molecule has 1 N–H and O–H groups in total. The zero-order valence-electron chi connectivity index (χ0n) is 11.2. The Morgan fingerprint density at radius 3 is 2.75 bits per heavy atom. The van der Waals surface area contributed by atoms with Crippen LogP contribution in [0.1, 0.15) is 11.4 Å². The highest BCUT2D eigenvalue weighted by atomic mass is 16.6. The minimum atomic E-state index is -0.478. The zero-order chi connectivity index (χ0) is 14.5. The zero-order valence-corrected chi connectivity index (χ0v) is 11.2. The molecule has 1 aromatic carbocycles. The Morgan fingerprint density at radius 1 is 1.35 bits per heavy atom. The summed E-state index contributed by atoms with van der Waals surface area (Å²) >= 11 is 0. The number of ether oxygens (including phenoxy) is 1. The molecule has 7 heteroatoms. The van der Waals surface area contributed by atoms with Crippen LogP contribution in [0, 0.1) is 17.0 Å². The summed E-state index contributed by atoms with van der Waals surface area (Å²) in [5, 5.41) is 13.9. The molecular weight excluding hydrogens is 260 g/mol. The third-order valence-corrected chi connectivity index (χ3v) is 2.68. The molecule has 0 aliphatic heterocycles. The minimum Gasteiger partial charge on any atom is -0.490 e. The standard InChI is InChI=1S/C13H14N4O3/c1-9-6-15-11(7-14-9)8-16-10-3-4-12(17(18)19)13(5-10)20-2/h3-7,16H,8H2,1-2H3. The van der Waals surface area contributed by atoms with E-state index in [1.165, 1.54) is 13.2 Å². The van der Waals surface area contributed by atoms with Gasteiger partial charge < -0.3 is 10.1 Å². The van der Waals surface area contributed by atoms with Gasteiger partial charge in [-0.3, -0.25) is 20.1 Å². The second-order valence-electron chi connectivity index (χ2n) is 4.15. The highest BCUT2D eigenvalue weighted by Gasteiger charge is 2.14. The maximum Gasteiger partial charge on any atom is 0.311 e. The molecule has 0 saturated heterocycles. The predicted octanol–water partition coefficient (Wildman–Crippen LogP) is 2.31. The van der Waals surface area contributed by atoms with E-state index in [1.807, 2.05) is 6.92 Å².